The molecule has 4 rings (SSSR count). The highest BCUT2D eigenvalue weighted by Gasteiger charge is 2.45. The molecule has 0 radical (unpaired) electrons. The van der Waals surface area contributed by atoms with Crippen molar-refractivity contribution in [3.63, 3.8) is 0 Å². The second-order valence-electron chi connectivity index (χ2n) is 7.64. The van der Waals surface area contributed by atoms with Gasteiger partial charge in [-0.3, -0.25) is 0 Å². The van der Waals surface area contributed by atoms with Crippen LogP contribution in [0.3, 0.4) is 0 Å². The lowest BCUT2D eigenvalue weighted by molar-refractivity contribution is -0.138. The molecule has 1 saturated heterocycles. The molecule has 2 fully saturated rings. The van der Waals surface area contributed by atoms with E-state index in [-0.39, 0.29) is 5.25 Å². The number of anilines is 1. The molecule has 0 bridgehead atoms. The molecule has 3 unspecified atom stereocenters. The Morgan fingerprint density at radius 3 is 2.74 bits per heavy atom. The number of carboxylic acids is 1. The Hall–Kier alpha value is -1.99. The summed E-state index contributed by atoms with van der Waals surface area (Å²) in [7, 11) is 0. The van der Waals surface area contributed by atoms with Crippen molar-refractivity contribution in [3.05, 3.63) is 47.7 Å². The molecular weight excluding hydrogens is 362 g/mol. The number of hydrogen-bond donors (Lipinski definition) is 1. The predicted molar refractivity (Wildman–Crippen MR) is 105 cm³/mol. The Balaban J connectivity index is 1.57. The lowest BCUT2D eigenvalue weighted by Gasteiger charge is -2.24. The van der Waals surface area contributed by atoms with E-state index in [0.29, 0.717) is 31.2 Å². The normalized spacial score (nSPS) is 23.6. The minimum atomic E-state index is -0.967. The van der Waals surface area contributed by atoms with E-state index < -0.39 is 23.2 Å². The van der Waals surface area contributed by atoms with Crippen LogP contribution >= 0.6 is 0 Å². The molecule has 6 nitrogen and oxygen atoms in total. The van der Waals surface area contributed by atoms with E-state index in [0.717, 1.165) is 29.9 Å². The zero-order chi connectivity index (χ0) is 19.0. The van der Waals surface area contributed by atoms with Gasteiger partial charge in [0.15, 0.2) is 0 Å². The topological polar surface area (TPSA) is 81.4 Å². The number of aliphatic carboxylic acids is 1. The number of aryl methyl sites for hydroxylation is 1. The number of carbonyl (C=O) groups is 1. The van der Waals surface area contributed by atoms with E-state index in [1.165, 1.54) is 0 Å². The third-order valence-electron chi connectivity index (χ3n) is 5.37. The van der Waals surface area contributed by atoms with E-state index >= 15 is 0 Å². The average Bonchev–Trinajstić information content (AvgIpc) is 3.21. The Morgan fingerprint density at radius 2 is 2.07 bits per heavy atom. The van der Waals surface area contributed by atoms with E-state index in [1.807, 2.05) is 52.9 Å². The summed E-state index contributed by atoms with van der Waals surface area (Å²) < 4.78 is 14.6. The average molecular weight is 388 g/mol. The number of carboxylic acid groups (broad SMARTS) is 1. The van der Waals surface area contributed by atoms with Crippen molar-refractivity contribution in [3.8, 4) is 0 Å². The highest BCUT2D eigenvalue weighted by atomic mass is 32.2. The monoisotopic (exact) mass is 387 g/mol. The maximum absolute atomic E-state index is 12.7. The van der Waals surface area contributed by atoms with Gasteiger partial charge in [-0.1, -0.05) is 30.3 Å². The number of benzene rings is 1. The smallest absolute Gasteiger partial charge is 0.326 e. The first-order valence-corrected chi connectivity index (χ1v) is 10.8. The number of aromatic nitrogens is 2. The van der Waals surface area contributed by atoms with Gasteiger partial charge in [0, 0.05) is 18.4 Å². The standard InChI is InChI=1S/C20H25N3O3S/c1-14-9-19(23(21-14)11-15-5-3-2-4-6-15)22-12-17(10-18(22)20(24)25)27(26)13-16-7-8-16/h2-6,9,16-18H,7-8,10-13H2,1H3,(H,24,25). The molecule has 1 aliphatic carbocycles. The fourth-order valence-corrected chi connectivity index (χ4v) is 5.56. The van der Waals surface area contributed by atoms with Crippen LogP contribution in [0.1, 0.15) is 30.5 Å². The zero-order valence-corrected chi connectivity index (χ0v) is 16.3. The molecule has 2 aliphatic rings. The van der Waals surface area contributed by atoms with Crippen molar-refractivity contribution < 1.29 is 14.5 Å². The minimum Gasteiger partial charge on any atom is -0.616 e. The van der Waals surface area contributed by atoms with E-state index in [4.69, 9.17) is 0 Å². The third kappa shape index (κ3) is 4.14. The molecule has 3 atom stereocenters. The Kier molecular flexibility index (Phi) is 5.14. The molecule has 0 amide bonds. The number of nitrogens with zero attached hydrogens (tertiary/aromatic N) is 3. The van der Waals surface area contributed by atoms with Gasteiger partial charge >= 0.3 is 5.97 Å². The lowest BCUT2D eigenvalue weighted by atomic mass is 10.2. The molecule has 144 valence electrons. The van der Waals surface area contributed by atoms with Crippen molar-refractivity contribution in [2.45, 2.75) is 44.0 Å². The van der Waals surface area contributed by atoms with E-state index in [2.05, 4.69) is 5.10 Å². The predicted octanol–water partition coefficient (Wildman–Crippen LogP) is 2.43. The van der Waals surface area contributed by atoms with Crippen molar-refractivity contribution in [2.24, 2.45) is 5.92 Å². The highest BCUT2D eigenvalue weighted by molar-refractivity contribution is 7.92. The first-order chi connectivity index (χ1) is 13.0. The van der Waals surface area contributed by atoms with Crippen molar-refractivity contribution >= 4 is 23.0 Å². The molecule has 2 heterocycles. The summed E-state index contributed by atoms with van der Waals surface area (Å²) >= 11 is -0.967. The second kappa shape index (κ2) is 7.56. The highest BCUT2D eigenvalue weighted by Crippen LogP contribution is 2.35. The summed E-state index contributed by atoms with van der Waals surface area (Å²) in [6.07, 6.45) is 2.76. The second-order valence-corrected chi connectivity index (χ2v) is 9.40. The molecule has 1 N–H and O–H groups in total. The SMILES string of the molecule is Cc1cc(N2CC([S+]([O-])CC3CC3)CC2C(=O)O)n(Cc2ccccc2)n1. The van der Waals surface area contributed by atoms with Crippen LogP contribution in [0, 0.1) is 12.8 Å². The van der Waals surface area contributed by atoms with Crippen LogP contribution in [0.2, 0.25) is 0 Å². The van der Waals surface area contributed by atoms with E-state index in [9.17, 15) is 14.5 Å². The fraction of sp³-hybridized carbons (Fsp3) is 0.500. The zero-order valence-electron chi connectivity index (χ0n) is 15.5. The maximum atomic E-state index is 12.7. The van der Waals surface area contributed by atoms with Gasteiger partial charge < -0.3 is 14.6 Å². The summed E-state index contributed by atoms with van der Waals surface area (Å²) in [6.45, 7) is 3.01. The summed E-state index contributed by atoms with van der Waals surface area (Å²) in [4.78, 5) is 13.8. The number of rotatable bonds is 7. The molecule has 1 aromatic carbocycles. The molecule has 27 heavy (non-hydrogen) atoms. The van der Waals surface area contributed by atoms with Gasteiger partial charge in [0.2, 0.25) is 0 Å². The van der Waals surface area contributed by atoms with Gasteiger partial charge in [-0.15, -0.1) is 0 Å². The summed E-state index contributed by atoms with van der Waals surface area (Å²) in [5.74, 6) is 1.24. The molecule has 7 heteroatoms. The van der Waals surface area contributed by atoms with Crippen LogP contribution in [0.15, 0.2) is 36.4 Å². The van der Waals surface area contributed by atoms with Crippen molar-refractivity contribution in [1.29, 1.82) is 0 Å². The van der Waals surface area contributed by atoms with Crippen LogP contribution in [-0.2, 0) is 22.5 Å². The third-order valence-corrected chi connectivity index (χ3v) is 7.25. The van der Waals surface area contributed by atoms with Crippen molar-refractivity contribution in [2.75, 3.05) is 17.2 Å². The first kappa shape index (κ1) is 18.4. The van der Waals surface area contributed by atoms with Gasteiger partial charge in [-0.05, 0) is 36.5 Å². The van der Waals surface area contributed by atoms with Gasteiger partial charge in [0.25, 0.3) is 0 Å². The Labute approximate surface area is 162 Å². The fourth-order valence-electron chi connectivity index (χ4n) is 3.76. The van der Waals surface area contributed by atoms with Crippen molar-refractivity contribution in [1.82, 2.24) is 9.78 Å². The van der Waals surface area contributed by atoms with Crippen LogP contribution in [0.5, 0.6) is 0 Å². The quantitative estimate of drug-likeness (QED) is 0.738. The van der Waals surface area contributed by atoms with Crippen LogP contribution in [-0.4, -0.2) is 49.0 Å². The van der Waals surface area contributed by atoms with Crippen LogP contribution < -0.4 is 4.90 Å². The molecule has 1 aliphatic heterocycles. The molecule has 2 aromatic rings. The lowest BCUT2D eigenvalue weighted by Crippen LogP contribution is -2.37. The Bertz CT molecular complexity index is 806. The molecular formula is C20H25N3O3S. The number of hydrogen-bond acceptors (Lipinski definition) is 4. The summed E-state index contributed by atoms with van der Waals surface area (Å²) in [5, 5.41) is 14.2. The van der Waals surface area contributed by atoms with Crippen LogP contribution in [0.25, 0.3) is 0 Å². The van der Waals surface area contributed by atoms with Gasteiger partial charge in [0.1, 0.15) is 22.9 Å². The Morgan fingerprint density at radius 1 is 1.33 bits per heavy atom. The minimum absolute atomic E-state index is 0.0907. The van der Waals surface area contributed by atoms with Gasteiger partial charge in [0.05, 0.1) is 18.8 Å². The molecule has 1 saturated carbocycles. The summed E-state index contributed by atoms with van der Waals surface area (Å²) in [5.41, 5.74) is 1.97. The summed E-state index contributed by atoms with van der Waals surface area (Å²) in [6, 6.07) is 11.3. The van der Waals surface area contributed by atoms with Gasteiger partial charge in [-0.25, -0.2) is 9.48 Å². The first-order valence-electron chi connectivity index (χ1n) is 9.46. The van der Waals surface area contributed by atoms with Gasteiger partial charge in [-0.2, -0.15) is 5.10 Å². The largest absolute Gasteiger partial charge is 0.616 e. The van der Waals surface area contributed by atoms with E-state index in [1.54, 1.807) is 0 Å². The molecule has 0 spiro atoms. The molecule has 1 aromatic heterocycles. The maximum Gasteiger partial charge on any atom is 0.326 e. The van der Waals surface area contributed by atoms with Crippen LogP contribution in [0.4, 0.5) is 5.82 Å².